The van der Waals surface area contributed by atoms with Crippen molar-refractivity contribution in [1.82, 2.24) is 14.9 Å². The number of nitrogens with zero attached hydrogens (tertiary/aromatic N) is 4. The Labute approximate surface area is 196 Å². The van der Waals surface area contributed by atoms with Crippen molar-refractivity contribution < 1.29 is 19.0 Å². The summed E-state index contributed by atoms with van der Waals surface area (Å²) in [7, 11) is 0. The molecule has 1 N–H and O–H groups in total. The van der Waals surface area contributed by atoms with Crippen LogP contribution in [0.2, 0.25) is 5.02 Å². The first-order valence-electron chi connectivity index (χ1n) is 10.9. The van der Waals surface area contributed by atoms with Gasteiger partial charge in [-0.1, -0.05) is 11.6 Å². The van der Waals surface area contributed by atoms with Crippen molar-refractivity contribution in [3.8, 4) is 11.9 Å². The Morgan fingerprint density at radius 2 is 2.18 bits per heavy atom. The Balaban J connectivity index is 1.28. The number of fused-ring (bicyclic) bond motifs is 2. The van der Waals surface area contributed by atoms with Crippen LogP contribution in [-0.2, 0) is 9.47 Å². The summed E-state index contributed by atoms with van der Waals surface area (Å²) in [4.78, 5) is 22.9. The molecule has 1 saturated carbocycles. The van der Waals surface area contributed by atoms with Crippen molar-refractivity contribution >= 4 is 29.2 Å². The number of carbonyl (C=O) groups excluding carboxylic acids is 1. The van der Waals surface area contributed by atoms with Crippen LogP contribution in [0.5, 0.6) is 5.88 Å². The molecule has 1 aliphatic carbocycles. The summed E-state index contributed by atoms with van der Waals surface area (Å²) in [5.74, 6) is 1.03. The lowest BCUT2D eigenvalue weighted by Gasteiger charge is -2.36. The molecule has 2 aliphatic heterocycles. The van der Waals surface area contributed by atoms with Gasteiger partial charge in [0.05, 0.1) is 41.1 Å². The van der Waals surface area contributed by atoms with Crippen LogP contribution in [0, 0.1) is 24.2 Å². The molecular weight excluding hydrogens is 446 g/mol. The van der Waals surface area contributed by atoms with Crippen molar-refractivity contribution in [3.05, 3.63) is 40.7 Å². The van der Waals surface area contributed by atoms with E-state index in [1.807, 2.05) is 13.8 Å². The number of amides is 1. The van der Waals surface area contributed by atoms with Crippen LogP contribution in [-0.4, -0.2) is 58.5 Å². The molecular formula is C23H24ClN5O4. The van der Waals surface area contributed by atoms with Gasteiger partial charge in [0.2, 0.25) is 5.88 Å². The molecule has 3 heterocycles. The molecule has 3 atom stereocenters. The monoisotopic (exact) mass is 469 g/mol. The average molecular weight is 470 g/mol. The third-order valence-corrected chi connectivity index (χ3v) is 6.71. The van der Waals surface area contributed by atoms with Gasteiger partial charge in [-0.15, -0.1) is 0 Å². The van der Waals surface area contributed by atoms with Gasteiger partial charge in [0.1, 0.15) is 30.0 Å². The van der Waals surface area contributed by atoms with Gasteiger partial charge in [-0.25, -0.2) is 14.8 Å². The Kier molecular flexibility index (Phi) is 5.51. The maximum atomic E-state index is 12.5. The van der Waals surface area contributed by atoms with Crippen LogP contribution in [0.25, 0.3) is 0 Å². The third kappa shape index (κ3) is 4.41. The van der Waals surface area contributed by atoms with E-state index < -0.39 is 0 Å². The van der Waals surface area contributed by atoms with Gasteiger partial charge in [-0.05, 0) is 44.9 Å². The third-order valence-electron chi connectivity index (χ3n) is 6.39. The predicted octanol–water partition coefficient (Wildman–Crippen LogP) is 3.82. The van der Waals surface area contributed by atoms with Crippen molar-refractivity contribution in [2.45, 2.75) is 44.5 Å². The largest absolute Gasteiger partial charge is 0.471 e. The molecule has 3 fully saturated rings. The first kappa shape index (κ1) is 21.7. The minimum absolute atomic E-state index is 0.0297. The fourth-order valence-corrected chi connectivity index (χ4v) is 4.35. The van der Waals surface area contributed by atoms with Crippen molar-refractivity contribution in [1.29, 1.82) is 5.26 Å². The molecule has 3 aliphatic rings. The summed E-state index contributed by atoms with van der Waals surface area (Å²) in [6.45, 7) is 5.28. The quantitative estimate of drug-likeness (QED) is 0.703. The zero-order valence-electron chi connectivity index (χ0n) is 18.4. The molecule has 9 nitrogen and oxygen atoms in total. The Morgan fingerprint density at radius 1 is 1.36 bits per heavy atom. The molecule has 0 radical (unpaired) electrons. The molecule has 1 amide bonds. The van der Waals surface area contributed by atoms with Crippen LogP contribution in [0.3, 0.4) is 0 Å². The van der Waals surface area contributed by atoms with Crippen molar-refractivity contribution in [3.63, 3.8) is 0 Å². The summed E-state index contributed by atoms with van der Waals surface area (Å²) in [6, 6.07) is 7.06. The normalized spacial score (nSPS) is 24.7. The van der Waals surface area contributed by atoms with Crippen LogP contribution in [0.1, 0.15) is 30.9 Å². The van der Waals surface area contributed by atoms with Crippen LogP contribution in [0.15, 0.2) is 24.5 Å². The highest BCUT2D eigenvalue weighted by atomic mass is 35.5. The maximum absolute atomic E-state index is 12.5. The number of hydrogen-bond donors (Lipinski definition) is 1. The van der Waals surface area contributed by atoms with Gasteiger partial charge in [0.15, 0.2) is 0 Å². The number of nitrogens with one attached hydrogen (secondary N) is 1. The maximum Gasteiger partial charge on any atom is 0.410 e. The molecule has 2 aromatic rings. The van der Waals surface area contributed by atoms with E-state index in [0.717, 1.165) is 18.4 Å². The molecule has 5 rings (SSSR count). The van der Waals surface area contributed by atoms with Gasteiger partial charge in [0.25, 0.3) is 0 Å². The van der Waals surface area contributed by atoms with E-state index >= 15 is 0 Å². The number of rotatable bonds is 5. The van der Waals surface area contributed by atoms with E-state index in [4.69, 9.17) is 31.1 Å². The van der Waals surface area contributed by atoms with Crippen LogP contribution in [0.4, 0.5) is 16.3 Å². The average Bonchev–Trinajstić information content (AvgIpc) is 3.48. The van der Waals surface area contributed by atoms with Gasteiger partial charge in [-0.2, -0.15) is 5.26 Å². The van der Waals surface area contributed by atoms with Gasteiger partial charge in [-0.3, -0.25) is 0 Å². The Hall–Kier alpha value is -3.09. The van der Waals surface area contributed by atoms with Gasteiger partial charge < -0.3 is 24.4 Å². The van der Waals surface area contributed by atoms with Crippen molar-refractivity contribution in [2.75, 3.05) is 25.0 Å². The molecule has 172 valence electrons. The van der Waals surface area contributed by atoms with Gasteiger partial charge in [0, 0.05) is 12.5 Å². The second kappa shape index (κ2) is 8.36. The van der Waals surface area contributed by atoms with Crippen LogP contribution < -0.4 is 10.1 Å². The molecule has 1 aromatic heterocycles. The second-order valence-electron chi connectivity index (χ2n) is 9.02. The number of likely N-dealkylation sites (tertiary alicyclic amines) is 1. The minimum atomic E-state index is -0.302. The number of carbonyl (C=O) groups is 1. The Morgan fingerprint density at radius 3 is 2.88 bits per heavy atom. The molecule has 2 bridgehead atoms. The van der Waals surface area contributed by atoms with E-state index in [2.05, 4.69) is 21.4 Å². The molecule has 2 unspecified atom stereocenters. The summed E-state index contributed by atoms with van der Waals surface area (Å²) >= 11 is 6.29. The molecule has 1 aromatic carbocycles. The van der Waals surface area contributed by atoms with E-state index in [0.29, 0.717) is 47.7 Å². The van der Waals surface area contributed by atoms with E-state index in [-0.39, 0.29) is 29.8 Å². The highest BCUT2D eigenvalue weighted by Crippen LogP contribution is 2.40. The molecule has 10 heteroatoms. The van der Waals surface area contributed by atoms with E-state index in [1.54, 1.807) is 23.1 Å². The fraction of sp³-hybridized carbons (Fsp3) is 0.478. The molecule has 0 spiro atoms. The SMILES string of the molecule is Cc1c(Nc2ccc(C#N)cc2Cl)ncnc1O[C@@H]1C2COC1CN(C(=O)OC1(C)CC1)C2. The standard InChI is InChI=1S/C23H24ClN5O4/c1-13-20(28-17-4-3-14(8-25)7-16(17)24)26-12-27-21(13)32-19-15-9-29(10-18(19)31-11-15)22(30)33-23(2)5-6-23/h3-4,7,12,15,18-19H,5-6,9-11H2,1-2H3,(H,26,27,28)/t15?,18?,19-/m1/s1. The Bertz CT molecular complexity index is 1120. The zero-order chi connectivity index (χ0) is 23.2. The lowest BCUT2D eigenvalue weighted by atomic mass is 9.96. The fourth-order valence-electron chi connectivity index (χ4n) is 4.12. The summed E-state index contributed by atoms with van der Waals surface area (Å²) in [5, 5.41) is 12.6. The summed E-state index contributed by atoms with van der Waals surface area (Å²) in [6.07, 6.45) is 2.51. The lowest BCUT2D eigenvalue weighted by molar-refractivity contribution is -0.00824. The molecule has 2 saturated heterocycles. The predicted molar refractivity (Wildman–Crippen MR) is 120 cm³/mol. The van der Waals surface area contributed by atoms with Crippen molar-refractivity contribution in [2.24, 2.45) is 5.92 Å². The first-order valence-corrected chi connectivity index (χ1v) is 11.3. The number of ether oxygens (including phenoxy) is 3. The number of piperidine rings is 1. The smallest absolute Gasteiger partial charge is 0.410 e. The van der Waals surface area contributed by atoms with Crippen LogP contribution >= 0.6 is 11.6 Å². The van der Waals surface area contributed by atoms with E-state index in [9.17, 15) is 4.79 Å². The lowest BCUT2D eigenvalue weighted by Crippen LogP contribution is -2.53. The minimum Gasteiger partial charge on any atom is -0.471 e. The number of aromatic nitrogens is 2. The highest BCUT2D eigenvalue weighted by molar-refractivity contribution is 6.33. The highest BCUT2D eigenvalue weighted by Gasteiger charge is 2.49. The zero-order valence-corrected chi connectivity index (χ0v) is 19.1. The van der Waals surface area contributed by atoms with E-state index in [1.165, 1.54) is 6.33 Å². The summed E-state index contributed by atoms with van der Waals surface area (Å²) < 4.78 is 17.8. The van der Waals surface area contributed by atoms with Gasteiger partial charge >= 0.3 is 6.09 Å². The first-order chi connectivity index (χ1) is 15.8. The topological polar surface area (TPSA) is 110 Å². The number of benzene rings is 1. The number of nitriles is 1. The number of hydrogen-bond acceptors (Lipinski definition) is 8. The second-order valence-corrected chi connectivity index (χ2v) is 9.43. The number of anilines is 2. The number of halogens is 1. The summed E-state index contributed by atoms with van der Waals surface area (Å²) in [5.41, 5.74) is 1.53. The molecule has 33 heavy (non-hydrogen) atoms.